The molecule has 0 unspecified atom stereocenters. The standard InChI is InChI=1S/C24H29N5O2/c1-16-6-5-7-19(23(16)30-4)14-29-10-11-31-22(15-29)21-9-8-20(13-25-21)28-24-26-17(2)12-18(3)27-24/h5-9,12-13,22H,10-11,14-15H2,1-4H3,(H,26,27,28)/t22-/m0/s1. The van der Waals surface area contributed by atoms with Gasteiger partial charge in [-0.05, 0) is 44.5 Å². The first-order valence-electron chi connectivity index (χ1n) is 10.5. The summed E-state index contributed by atoms with van der Waals surface area (Å²) < 4.78 is 11.6. The molecule has 1 N–H and O–H groups in total. The number of morpholine rings is 1. The number of methoxy groups -OCH3 is 1. The first-order valence-corrected chi connectivity index (χ1v) is 10.5. The molecule has 3 heterocycles. The van der Waals surface area contributed by atoms with Gasteiger partial charge in [0.2, 0.25) is 5.95 Å². The minimum Gasteiger partial charge on any atom is -0.496 e. The molecule has 31 heavy (non-hydrogen) atoms. The fraction of sp³-hybridized carbons (Fsp3) is 0.375. The largest absolute Gasteiger partial charge is 0.496 e. The Morgan fingerprint density at radius 3 is 2.65 bits per heavy atom. The smallest absolute Gasteiger partial charge is 0.227 e. The molecule has 0 spiro atoms. The van der Waals surface area contributed by atoms with Gasteiger partial charge in [-0.15, -0.1) is 0 Å². The van der Waals surface area contributed by atoms with Crippen LogP contribution in [0.1, 0.15) is 34.3 Å². The number of nitrogens with zero attached hydrogens (tertiary/aromatic N) is 4. The lowest BCUT2D eigenvalue weighted by molar-refractivity contribution is -0.0351. The third kappa shape index (κ3) is 5.18. The summed E-state index contributed by atoms with van der Waals surface area (Å²) in [5.74, 6) is 1.55. The van der Waals surface area contributed by atoms with Crippen LogP contribution in [0.15, 0.2) is 42.6 Å². The quantitative estimate of drug-likeness (QED) is 0.644. The van der Waals surface area contributed by atoms with Gasteiger partial charge in [0.15, 0.2) is 0 Å². The summed E-state index contributed by atoms with van der Waals surface area (Å²) >= 11 is 0. The van der Waals surface area contributed by atoms with E-state index in [1.165, 1.54) is 5.56 Å². The Labute approximate surface area is 183 Å². The maximum absolute atomic E-state index is 6.02. The van der Waals surface area contributed by atoms with E-state index in [4.69, 9.17) is 9.47 Å². The molecule has 0 amide bonds. The SMILES string of the molecule is COc1c(C)cccc1CN1CCO[C@H](c2ccc(Nc3nc(C)cc(C)n3)cn2)C1. The van der Waals surface area contributed by atoms with E-state index in [0.717, 1.165) is 53.7 Å². The fourth-order valence-corrected chi connectivity index (χ4v) is 3.98. The minimum atomic E-state index is -0.0592. The van der Waals surface area contributed by atoms with Crippen LogP contribution in [-0.4, -0.2) is 46.7 Å². The minimum absolute atomic E-state index is 0.0592. The second kappa shape index (κ2) is 9.41. The number of hydrogen-bond donors (Lipinski definition) is 1. The lowest BCUT2D eigenvalue weighted by Gasteiger charge is -2.33. The molecule has 1 atom stereocenters. The van der Waals surface area contributed by atoms with Crippen molar-refractivity contribution < 1.29 is 9.47 Å². The van der Waals surface area contributed by atoms with Gasteiger partial charge in [0.25, 0.3) is 0 Å². The molecule has 1 saturated heterocycles. The predicted molar refractivity (Wildman–Crippen MR) is 121 cm³/mol. The molecule has 1 aliphatic rings. The Balaban J connectivity index is 1.42. The average Bonchev–Trinajstić information content (AvgIpc) is 2.74. The zero-order valence-corrected chi connectivity index (χ0v) is 18.6. The van der Waals surface area contributed by atoms with Crippen molar-refractivity contribution >= 4 is 11.6 Å². The van der Waals surface area contributed by atoms with Crippen molar-refractivity contribution in [2.75, 3.05) is 32.1 Å². The highest BCUT2D eigenvalue weighted by Crippen LogP contribution is 2.27. The van der Waals surface area contributed by atoms with Crippen LogP contribution in [0.4, 0.5) is 11.6 Å². The van der Waals surface area contributed by atoms with Crippen molar-refractivity contribution in [3.8, 4) is 5.75 Å². The van der Waals surface area contributed by atoms with Gasteiger partial charge in [0, 0.05) is 36.6 Å². The van der Waals surface area contributed by atoms with E-state index in [1.54, 1.807) is 7.11 Å². The van der Waals surface area contributed by atoms with Gasteiger partial charge in [-0.1, -0.05) is 18.2 Å². The summed E-state index contributed by atoms with van der Waals surface area (Å²) in [5.41, 5.74) is 5.99. The van der Waals surface area contributed by atoms with Crippen LogP contribution in [0.5, 0.6) is 5.75 Å². The van der Waals surface area contributed by atoms with Crippen LogP contribution in [0.25, 0.3) is 0 Å². The first-order chi connectivity index (χ1) is 15.0. The number of aromatic nitrogens is 3. The molecule has 4 rings (SSSR count). The van der Waals surface area contributed by atoms with Crippen LogP contribution in [0, 0.1) is 20.8 Å². The van der Waals surface area contributed by atoms with Crippen molar-refractivity contribution in [3.05, 3.63) is 70.8 Å². The van der Waals surface area contributed by atoms with E-state index in [0.29, 0.717) is 12.6 Å². The molecule has 7 heteroatoms. The third-order valence-electron chi connectivity index (χ3n) is 5.40. The Kier molecular flexibility index (Phi) is 6.44. The summed E-state index contributed by atoms with van der Waals surface area (Å²) in [7, 11) is 1.73. The monoisotopic (exact) mass is 419 g/mol. The van der Waals surface area contributed by atoms with Gasteiger partial charge < -0.3 is 14.8 Å². The second-order valence-corrected chi connectivity index (χ2v) is 7.93. The summed E-state index contributed by atoms with van der Waals surface area (Å²) in [6, 6.07) is 12.2. The summed E-state index contributed by atoms with van der Waals surface area (Å²) in [6.45, 7) is 9.17. The number of aryl methyl sites for hydroxylation is 3. The third-order valence-corrected chi connectivity index (χ3v) is 5.40. The fourth-order valence-electron chi connectivity index (χ4n) is 3.98. The molecule has 3 aromatic rings. The van der Waals surface area contributed by atoms with Gasteiger partial charge >= 0.3 is 0 Å². The van der Waals surface area contributed by atoms with Crippen LogP contribution in [-0.2, 0) is 11.3 Å². The summed E-state index contributed by atoms with van der Waals surface area (Å²) in [5, 5.41) is 3.23. The van der Waals surface area contributed by atoms with Crippen LogP contribution >= 0.6 is 0 Å². The maximum Gasteiger partial charge on any atom is 0.227 e. The molecular weight excluding hydrogens is 390 g/mol. The Morgan fingerprint density at radius 1 is 1.13 bits per heavy atom. The number of anilines is 2. The van der Waals surface area contributed by atoms with Crippen LogP contribution in [0.3, 0.4) is 0 Å². The van der Waals surface area contributed by atoms with E-state index in [9.17, 15) is 0 Å². The molecule has 7 nitrogen and oxygen atoms in total. The Morgan fingerprint density at radius 2 is 1.94 bits per heavy atom. The summed E-state index contributed by atoms with van der Waals surface area (Å²) in [4.78, 5) is 15.9. The molecule has 1 aliphatic heterocycles. The highest BCUT2D eigenvalue weighted by atomic mass is 16.5. The van der Waals surface area contributed by atoms with Gasteiger partial charge in [0.05, 0.1) is 31.3 Å². The number of para-hydroxylation sites is 1. The van der Waals surface area contributed by atoms with Gasteiger partial charge in [-0.2, -0.15) is 0 Å². The lowest BCUT2D eigenvalue weighted by Crippen LogP contribution is -2.38. The number of benzene rings is 1. The van der Waals surface area contributed by atoms with Gasteiger partial charge in [-0.25, -0.2) is 9.97 Å². The second-order valence-electron chi connectivity index (χ2n) is 7.93. The van der Waals surface area contributed by atoms with Crippen LogP contribution < -0.4 is 10.1 Å². The van der Waals surface area contributed by atoms with Crippen molar-refractivity contribution in [3.63, 3.8) is 0 Å². The molecule has 0 radical (unpaired) electrons. The molecule has 2 aromatic heterocycles. The predicted octanol–water partition coefficient (Wildman–Crippen LogP) is 4.12. The Bertz CT molecular complexity index is 1020. The van der Waals surface area contributed by atoms with Crippen molar-refractivity contribution in [1.29, 1.82) is 0 Å². The zero-order valence-electron chi connectivity index (χ0n) is 18.6. The number of rotatable bonds is 6. The van der Waals surface area contributed by atoms with Crippen LogP contribution in [0.2, 0.25) is 0 Å². The number of pyridine rings is 1. The molecular formula is C24H29N5O2. The van der Waals surface area contributed by atoms with E-state index >= 15 is 0 Å². The van der Waals surface area contributed by atoms with E-state index in [-0.39, 0.29) is 6.10 Å². The topological polar surface area (TPSA) is 72.4 Å². The number of nitrogens with one attached hydrogen (secondary N) is 1. The molecule has 1 aromatic carbocycles. The highest BCUT2D eigenvalue weighted by Gasteiger charge is 2.24. The van der Waals surface area contributed by atoms with E-state index in [2.05, 4.69) is 50.3 Å². The van der Waals surface area contributed by atoms with Crippen molar-refractivity contribution in [2.24, 2.45) is 0 Å². The normalized spacial score (nSPS) is 16.8. The maximum atomic E-state index is 6.02. The molecule has 162 valence electrons. The first kappa shape index (κ1) is 21.2. The van der Waals surface area contributed by atoms with E-state index in [1.807, 2.05) is 38.2 Å². The number of ether oxygens (including phenoxy) is 2. The molecule has 0 saturated carbocycles. The van der Waals surface area contributed by atoms with Crippen molar-refractivity contribution in [1.82, 2.24) is 19.9 Å². The Hall–Kier alpha value is -3.03. The molecule has 0 bridgehead atoms. The average molecular weight is 420 g/mol. The molecule has 1 fully saturated rings. The van der Waals surface area contributed by atoms with Gasteiger partial charge in [0.1, 0.15) is 11.9 Å². The highest BCUT2D eigenvalue weighted by molar-refractivity contribution is 5.52. The van der Waals surface area contributed by atoms with E-state index < -0.39 is 0 Å². The van der Waals surface area contributed by atoms with Crippen molar-refractivity contribution in [2.45, 2.75) is 33.4 Å². The zero-order chi connectivity index (χ0) is 21.8. The number of hydrogen-bond acceptors (Lipinski definition) is 7. The summed E-state index contributed by atoms with van der Waals surface area (Å²) in [6.07, 6.45) is 1.75. The van der Waals surface area contributed by atoms with Gasteiger partial charge in [-0.3, -0.25) is 9.88 Å². The molecule has 0 aliphatic carbocycles. The lowest BCUT2D eigenvalue weighted by atomic mass is 10.1.